The van der Waals surface area contributed by atoms with Gasteiger partial charge in [0.1, 0.15) is 0 Å². The molecule has 1 amide bonds. The van der Waals surface area contributed by atoms with E-state index in [0.717, 1.165) is 10.6 Å². The molecule has 1 aliphatic rings. The molecule has 3 aromatic rings. The van der Waals surface area contributed by atoms with E-state index in [1.54, 1.807) is 24.6 Å². The van der Waals surface area contributed by atoms with E-state index in [9.17, 15) is 31.1 Å². The number of allylic oxidation sites excluding steroid dienone is 3. The van der Waals surface area contributed by atoms with Gasteiger partial charge in [-0.15, -0.1) is 0 Å². The Morgan fingerprint density at radius 2 is 1.27 bits per heavy atom. The second kappa shape index (κ2) is 10.9. The topological polar surface area (TPSA) is 29.1 Å². The van der Waals surface area contributed by atoms with Gasteiger partial charge in [-0.25, -0.2) is 0 Å². The van der Waals surface area contributed by atoms with Crippen molar-refractivity contribution < 1.29 is 31.1 Å². The van der Waals surface area contributed by atoms with Crippen LogP contribution < -0.4 is 15.9 Å². The van der Waals surface area contributed by atoms with Crippen molar-refractivity contribution in [2.24, 2.45) is 0 Å². The lowest BCUT2D eigenvalue weighted by atomic mass is 10.0. The summed E-state index contributed by atoms with van der Waals surface area (Å²) in [6.45, 7) is 0. The smallest absolute Gasteiger partial charge is 0.345 e. The van der Waals surface area contributed by atoms with Crippen LogP contribution >= 0.6 is 7.92 Å². The Balaban J connectivity index is 1.69. The van der Waals surface area contributed by atoms with Crippen molar-refractivity contribution in [2.45, 2.75) is 18.4 Å². The largest absolute Gasteiger partial charge is 0.416 e. The summed E-state index contributed by atoms with van der Waals surface area (Å²) >= 11 is 0. The maximum atomic E-state index is 13.3. The summed E-state index contributed by atoms with van der Waals surface area (Å²) in [7, 11) is -1.02. The summed E-state index contributed by atoms with van der Waals surface area (Å²) < 4.78 is 80.0. The summed E-state index contributed by atoms with van der Waals surface area (Å²) in [5.41, 5.74) is -3.07. The molecule has 0 saturated heterocycles. The average molecular weight is 532 g/mol. The number of amides is 1. The third kappa shape index (κ3) is 6.69. The molecule has 0 fully saturated rings. The first kappa shape index (κ1) is 26.7. The summed E-state index contributed by atoms with van der Waals surface area (Å²) in [5.74, 6) is -1.01. The number of alkyl halides is 6. The molecular formula is C28H21F6NOP. The fraction of sp³-hybridized carbons (Fsp3) is 0.143. The number of hydrogen-bond acceptors (Lipinski definition) is 1. The maximum Gasteiger partial charge on any atom is 0.416 e. The summed E-state index contributed by atoms with van der Waals surface area (Å²) in [6.07, 6.45) is -2.65. The van der Waals surface area contributed by atoms with Crippen LogP contribution in [0.4, 0.5) is 26.3 Å². The molecule has 0 aromatic heterocycles. The Morgan fingerprint density at radius 1 is 0.757 bits per heavy atom. The minimum absolute atomic E-state index is 0.00945. The van der Waals surface area contributed by atoms with E-state index in [1.807, 2.05) is 60.7 Å². The second-order valence-electron chi connectivity index (χ2n) is 8.32. The molecule has 0 heterocycles. The molecule has 191 valence electrons. The SMILES string of the molecule is O=C(N[C@H](CP(c1ccccc1)c1ccccc1)C1=CC=C[CH]1)c1cc(C(F)(F)F)cc(C(F)(F)F)c1. The molecule has 1 atom stereocenters. The van der Waals surface area contributed by atoms with E-state index in [2.05, 4.69) is 5.32 Å². The lowest BCUT2D eigenvalue weighted by Crippen LogP contribution is -2.40. The van der Waals surface area contributed by atoms with Crippen LogP contribution in [0.1, 0.15) is 21.5 Å². The summed E-state index contributed by atoms with van der Waals surface area (Å²) in [4.78, 5) is 13.1. The Hall–Kier alpha value is -3.38. The molecule has 0 spiro atoms. The standard InChI is InChI=1S/C28H21F6NOP/c29-27(30,31)21-15-20(16-22(17-21)28(32,33)34)26(36)35-25(19-9-7-8-10-19)18-37(23-11-3-1-4-12-23)24-13-5-2-6-14-24/h1-17,25H,18H2,(H,35,36)/t25-/m1/s1. The van der Waals surface area contributed by atoms with Crippen LogP contribution in [0.5, 0.6) is 0 Å². The zero-order valence-electron chi connectivity index (χ0n) is 19.2. The molecule has 9 heteroatoms. The van der Waals surface area contributed by atoms with Crippen molar-refractivity contribution in [3.8, 4) is 0 Å². The average Bonchev–Trinajstić information content (AvgIpc) is 3.41. The van der Waals surface area contributed by atoms with E-state index in [1.165, 1.54) is 0 Å². The molecule has 3 aromatic carbocycles. The highest BCUT2D eigenvalue weighted by atomic mass is 31.1. The predicted molar refractivity (Wildman–Crippen MR) is 133 cm³/mol. The molecular weight excluding hydrogens is 511 g/mol. The Bertz CT molecular complexity index is 1230. The first-order valence-corrected chi connectivity index (χ1v) is 12.7. The first-order chi connectivity index (χ1) is 17.5. The second-order valence-corrected chi connectivity index (χ2v) is 10.6. The van der Waals surface area contributed by atoms with Gasteiger partial charge in [0.05, 0.1) is 17.2 Å². The number of halogens is 6. The highest BCUT2D eigenvalue weighted by Gasteiger charge is 2.38. The van der Waals surface area contributed by atoms with Gasteiger partial charge in [-0.1, -0.05) is 78.9 Å². The third-order valence-electron chi connectivity index (χ3n) is 5.75. The van der Waals surface area contributed by atoms with Crippen molar-refractivity contribution in [2.75, 3.05) is 6.16 Å². The van der Waals surface area contributed by atoms with E-state index < -0.39 is 48.9 Å². The van der Waals surface area contributed by atoms with Crippen LogP contribution in [0, 0.1) is 6.42 Å². The number of carbonyl (C=O) groups is 1. The molecule has 0 saturated carbocycles. The summed E-state index contributed by atoms with van der Waals surface area (Å²) in [5, 5.41) is 4.75. The highest BCUT2D eigenvalue weighted by molar-refractivity contribution is 7.73. The van der Waals surface area contributed by atoms with E-state index in [4.69, 9.17) is 0 Å². The van der Waals surface area contributed by atoms with Crippen LogP contribution in [0.15, 0.2) is 103 Å². The van der Waals surface area contributed by atoms with Crippen molar-refractivity contribution >= 4 is 24.4 Å². The van der Waals surface area contributed by atoms with Crippen molar-refractivity contribution in [3.05, 3.63) is 126 Å². The van der Waals surface area contributed by atoms with Gasteiger partial charge >= 0.3 is 12.4 Å². The molecule has 0 bridgehead atoms. The number of benzene rings is 3. The lowest BCUT2D eigenvalue weighted by molar-refractivity contribution is -0.143. The van der Waals surface area contributed by atoms with Crippen LogP contribution in [0.3, 0.4) is 0 Å². The van der Waals surface area contributed by atoms with Crippen LogP contribution in [-0.4, -0.2) is 18.1 Å². The molecule has 1 N–H and O–H groups in total. The van der Waals surface area contributed by atoms with Gasteiger partial charge in [0, 0.05) is 12.0 Å². The van der Waals surface area contributed by atoms with Crippen molar-refractivity contribution in [1.29, 1.82) is 0 Å². The van der Waals surface area contributed by atoms with Gasteiger partial charge in [0.15, 0.2) is 0 Å². The molecule has 0 unspecified atom stereocenters. The van der Waals surface area contributed by atoms with Crippen molar-refractivity contribution in [1.82, 2.24) is 5.32 Å². The molecule has 0 aliphatic heterocycles. The van der Waals surface area contributed by atoms with Gasteiger partial charge in [0.25, 0.3) is 5.91 Å². The Kier molecular flexibility index (Phi) is 7.88. The van der Waals surface area contributed by atoms with Crippen molar-refractivity contribution in [3.63, 3.8) is 0 Å². The number of nitrogens with one attached hydrogen (secondary N) is 1. The molecule has 4 rings (SSSR count). The minimum atomic E-state index is -5.05. The monoisotopic (exact) mass is 532 g/mol. The maximum absolute atomic E-state index is 13.3. The zero-order chi connectivity index (χ0) is 26.6. The van der Waals surface area contributed by atoms with Crippen LogP contribution in [-0.2, 0) is 12.4 Å². The van der Waals surface area contributed by atoms with Gasteiger partial charge in [-0.05, 0) is 48.5 Å². The van der Waals surface area contributed by atoms with Crippen LogP contribution in [0.25, 0.3) is 0 Å². The number of carbonyl (C=O) groups excluding carboxylic acids is 1. The number of rotatable bonds is 7. The Labute approximate surface area is 211 Å². The number of hydrogen-bond donors (Lipinski definition) is 1. The lowest BCUT2D eigenvalue weighted by Gasteiger charge is -2.27. The molecule has 1 aliphatic carbocycles. The molecule has 1 radical (unpaired) electrons. The van der Waals surface area contributed by atoms with Gasteiger partial charge in [-0.3, -0.25) is 4.79 Å². The predicted octanol–water partition coefficient (Wildman–Crippen LogP) is 6.66. The quantitative estimate of drug-likeness (QED) is 0.268. The van der Waals surface area contributed by atoms with Gasteiger partial charge < -0.3 is 5.32 Å². The molecule has 2 nitrogen and oxygen atoms in total. The highest BCUT2D eigenvalue weighted by Crippen LogP contribution is 2.38. The van der Waals surface area contributed by atoms with E-state index >= 15 is 0 Å². The fourth-order valence-corrected chi connectivity index (χ4v) is 6.39. The summed E-state index contributed by atoms with van der Waals surface area (Å²) in [6, 6.07) is 19.4. The van der Waals surface area contributed by atoms with E-state index in [0.29, 0.717) is 23.9 Å². The fourth-order valence-electron chi connectivity index (χ4n) is 3.94. The molecule has 37 heavy (non-hydrogen) atoms. The minimum Gasteiger partial charge on any atom is -0.345 e. The third-order valence-corrected chi connectivity index (χ3v) is 8.32. The Morgan fingerprint density at radius 3 is 1.70 bits per heavy atom. The first-order valence-electron chi connectivity index (χ1n) is 11.2. The zero-order valence-corrected chi connectivity index (χ0v) is 20.1. The normalized spacial score (nSPS) is 14.5. The van der Waals surface area contributed by atoms with Gasteiger partial charge in [0.2, 0.25) is 0 Å². The van der Waals surface area contributed by atoms with Gasteiger partial charge in [-0.2, -0.15) is 26.3 Å². The van der Waals surface area contributed by atoms with Crippen LogP contribution in [0.2, 0.25) is 0 Å². The van der Waals surface area contributed by atoms with E-state index in [-0.39, 0.29) is 6.07 Å².